The number of benzene rings is 2. The molecule has 0 saturated carbocycles. The van der Waals surface area contributed by atoms with Crippen molar-refractivity contribution in [2.75, 3.05) is 0 Å². The van der Waals surface area contributed by atoms with E-state index in [-0.39, 0.29) is 16.8 Å². The van der Waals surface area contributed by atoms with Crippen molar-refractivity contribution in [3.63, 3.8) is 0 Å². The van der Waals surface area contributed by atoms with Gasteiger partial charge in [0.05, 0.1) is 27.0 Å². The van der Waals surface area contributed by atoms with Gasteiger partial charge in [-0.15, -0.1) is 0 Å². The van der Waals surface area contributed by atoms with Crippen molar-refractivity contribution in [1.82, 2.24) is 9.97 Å². The fourth-order valence-corrected chi connectivity index (χ4v) is 2.66. The third-order valence-corrected chi connectivity index (χ3v) is 4.49. The van der Waals surface area contributed by atoms with Crippen molar-refractivity contribution in [2.45, 2.75) is 6.18 Å². The molecule has 10 heteroatoms. The number of hydrogen-bond donors (Lipinski definition) is 0. The molecule has 144 valence electrons. The van der Waals surface area contributed by atoms with Crippen LogP contribution in [-0.4, -0.2) is 15.3 Å². The van der Waals surface area contributed by atoms with Gasteiger partial charge in [0, 0.05) is 10.9 Å². The molecule has 0 aliphatic carbocycles. The summed E-state index contributed by atoms with van der Waals surface area (Å²) in [6, 6.07) is 8.27. The van der Waals surface area contributed by atoms with E-state index in [1.54, 1.807) is 24.3 Å². The third kappa shape index (κ3) is 4.57. The first kappa shape index (κ1) is 20.4. The predicted molar refractivity (Wildman–Crippen MR) is 102 cm³/mol. The third-order valence-electron chi connectivity index (χ3n) is 3.51. The number of thiocarbonyl (C=S) groups is 1. The van der Waals surface area contributed by atoms with Gasteiger partial charge in [0.1, 0.15) is 11.6 Å². The van der Waals surface area contributed by atoms with Crippen LogP contribution in [0.4, 0.5) is 17.6 Å². The van der Waals surface area contributed by atoms with Gasteiger partial charge in [0.25, 0.3) is 0 Å². The van der Waals surface area contributed by atoms with Gasteiger partial charge < -0.3 is 4.74 Å². The Labute approximate surface area is 171 Å². The van der Waals surface area contributed by atoms with Gasteiger partial charge in [-0.2, -0.15) is 23.1 Å². The minimum atomic E-state index is -4.87. The summed E-state index contributed by atoms with van der Waals surface area (Å²) >= 11 is 16.8. The molecule has 1 heterocycles. The van der Waals surface area contributed by atoms with E-state index in [0.29, 0.717) is 34.1 Å². The Kier molecular flexibility index (Phi) is 5.83. The molecule has 0 saturated heterocycles. The van der Waals surface area contributed by atoms with Gasteiger partial charge in [-0.25, -0.2) is 4.39 Å². The van der Waals surface area contributed by atoms with E-state index in [1.165, 1.54) is 5.37 Å². The highest BCUT2D eigenvalue weighted by Gasteiger charge is 2.34. The summed E-state index contributed by atoms with van der Waals surface area (Å²) in [5, 5.41) is 1.89. The number of nitrogens with zero attached hydrogens (tertiary/aromatic N) is 2. The summed E-state index contributed by atoms with van der Waals surface area (Å²) in [5.74, 6) is -1.69. The number of hydrogen-bond acceptors (Lipinski definition) is 4. The maximum atomic E-state index is 13.4. The summed E-state index contributed by atoms with van der Waals surface area (Å²) in [6.45, 7) is 0. The van der Waals surface area contributed by atoms with E-state index in [0.717, 1.165) is 6.07 Å². The molecule has 0 aliphatic rings. The average Bonchev–Trinajstić information content (AvgIpc) is 2.64. The monoisotopic (exact) mass is 446 g/mol. The highest BCUT2D eigenvalue weighted by atomic mass is 35.5. The van der Waals surface area contributed by atoms with Crippen LogP contribution >= 0.6 is 35.4 Å². The highest BCUT2D eigenvalue weighted by Crippen LogP contribution is 2.35. The summed E-state index contributed by atoms with van der Waals surface area (Å²) in [7, 11) is 0. The van der Waals surface area contributed by atoms with Crippen LogP contribution in [-0.2, 0) is 6.18 Å². The smallest absolute Gasteiger partial charge is 0.419 e. The number of alkyl halides is 3. The first-order valence-electron chi connectivity index (χ1n) is 7.51. The topological polar surface area (TPSA) is 35.0 Å². The predicted octanol–water partition coefficient (Wildman–Crippen LogP) is 6.75. The second kappa shape index (κ2) is 7.98. The van der Waals surface area contributed by atoms with Crippen LogP contribution in [0.3, 0.4) is 0 Å². The molecule has 3 nitrogen and oxygen atoms in total. The second-order valence-electron chi connectivity index (χ2n) is 5.45. The standard InChI is InChI=1S/C18H8Cl2F4N2OS/c19-13-3-1-9(5-14(13)20)16-6-10(8-28)25-17(26-16)27-11-2-4-15(21)12(7-11)18(22,23)24/h1-8H. The molecular formula is C18H8Cl2F4N2OS. The maximum absolute atomic E-state index is 13.4. The van der Waals surface area contributed by atoms with Gasteiger partial charge in [0.2, 0.25) is 0 Å². The van der Waals surface area contributed by atoms with Crippen LogP contribution < -0.4 is 4.74 Å². The van der Waals surface area contributed by atoms with E-state index in [4.69, 9.17) is 40.2 Å². The first-order chi connectivity index (χ1) is 13.2. The van der Waals surface area contributed by atoms with E-state index >= 15 is 0 Å². The van der Waals surface area contributed by atoms with Gasteiger partial charge in [-0.1, -0.05) is 41.5 Å². The molecule has 0 amide bonds. The van der Waals surface area contributed by atoms with Crippen molar-refractivity contribution < 1.29 is 22.3 Å². The van der Waals surface area contributed by atoms with Crippen molar-refractivity contribution in [3.8, 4) is 23.0 Å². The molecule has 1 aromatic heterocycles. The molecule has 0 aliphatic heterocycles. The number of halogens is 6. The lowest BCUT2D eigenvalue weighted by atomic mass is 10.1. The first-order valence-corrected chi connectivity index (χ1v) is 8.74. The van der Waals surface area contributed by atoms with Crippen molar-refractivity contribution in [1.29, 1.82) is 0 Å². The Morgan fingerprint density at radius 3 is 2.36 bits per heavy atom. The maximum Gasteiger partial charge on any atom is 0.419 e. The molecular weight excluding hydrogens is 439 g/mol. The van der Waals surface area contributed by atoms with E-state index in [9.17, 15) is 17.6 Å². The van der Waals surface area contributed by atoms with Gasteiger partial charge in [-0.05, 0) is 36.4 Å². The van der Waals surface area contributed by atoms with Crippen LogP contribution in [0, 0.1) is 5.82 Å². The molecule has 0 fully saturated rings. The highest BCUT2D eigenvalue weighted by molar-refractivity contribution is 7.79. The van der Waals surface area contributed by atoms with Gasteiger partial charge in [-0.3, -0.25) is 0 Å². The number of ether oxygens (including phenoxy) is 1. The Morgan fingerprint density at radius 1 is 0.964 bits per heavy atom. The zero-order valence-corrected chi connectivity index (χ0v) is 15.9. The fourth-order valence-electron chi connectivity index (χ4n) is 2.24. The molecule has 0 atom stereocenters. The second-order valence-corrected chi connectivity index (χ2v) is 6.50. The lowest BCUT2D eigenvalue weighted by Gasteiger charge is -2.11. The quantitative estimate of drug-likeness (QED) is 0.328. The van der Waals surface area contributed by atoms with Gasteiger partial charge >= 0.3 is 12.2 Å². The summed E-state index contributed by atoms with van der Waals surface area (Å²) in [5.41, 5.74) is -0.243. The molecule has 3 aromatic rings. The Morgan fingerprint density at radius 2 is 1.71 bits per heavy atom. The summed E-state index contributed by atoms with van der Waals surface area (Å²) in [6.07, 6.45) is -4.87. The Bertz CT molecular complexity index is 1060. The molecule has 0 radical (unpaired) electrons. The van der Waals surface area contributed by atoms with Crippen molar-refractivity contribution in [2.24, 2.45) is 0 Å². The van der Waals surface area contributed by atoms with Gasteiger partial charge in [0.15, 0.2) is 0 Å². The molecule has 0 N–H and O–H groups in total. The average molecular weight is 447 g/mol. The lowest BCUT2D eigenvalue weighted by molar-refractivity contribution is -0.140. The Hall–Kier alpha value is -2.29. The van der Waals surface area contributed by atoms with E-state index in [1.807, 2.05) is 0 Å². The largest absolute Gasteiger partial charge is 0.424 e. The van der Waals surface area contributed by atoms with Crippen LogP contribution in [0.15, 0.2) is 42.5 Å². The molecule has 28 heavy (non-hydrogen) atoms. The van der Waals surface area contributed by atoms with Crippen LogP contribution in [0.25, 0.3) is 11.3 Å². The minimum Gasteiger partial charge on any atom is -0.424 e. The SMILES string of the molecule is Fc1ccc(Oc2nc(C=S)cc(-c3ccc(Cl)c(Cl)c3)n2)cc1C(F)(F)F. The zero-order valence-electron chi connectivity index (χ0n) is 13.6. The van der Waals surface area contributed by atoms with E-state index in [2.05, 4.69) is 9.97 Å². The lowest BCUT2D eigenvalue weighted by Crippen LogP contribution is -2.08. The molecule has 0 unspecified atom stereocenters. The van der Waals surface area contributed by atoms with Crippen LogP contribution in [0.1, 0.15) is 11.3 Å². The molecule has 3 rings (SSSR count). The fraction of sp³-hybridized carbons (Fsp3) is 0.0556. The van der Waals surface area contributed by atoms with E-state index < -0.39 is 17.6 Å². The number of aromatic nitrogens is 2. The van der Waals surface area contributed by atoms with Crippen molar-refractivity contribution >= 4 is 40.8 Å². The molecule has 2 aromatic carbocycles. The minimum absolute atomic E-state index is 0.264. The van der Waals surface area contributed by atoms with Crippen LogP contribution in [0.5, 0.6) is 11.8 Å². The Balaban J connectivity index is 2.01. The summed E-state index contributed by atoms with van der Waals surface area (Å²) < 4.78 is 57.4. The molecule has 0 bridgehead atoms. The number of rotatable bonds is 4. The van der Waals surface area contributed by atoms with Crippen molar-refractivity contribution in [3.05, 3.63) is 69.6 Å². The normalized spacial score (nSPS) is 11.4. The zero-order chi connectivity index (χ0) is 20.5. The summed E-state index contributed by atoms with van der Waals surface area (Å²) in [4.78, 5) is 8.16. The van der Waals surface area contributed by atoms with Crippen LogP contribution in [0.2, 0.25) is 10.0 Å². The molecule has 0 spiro atoms.